The van der Waals surface area contributed by atoms with Crippen LogP contribution in [0.5, 0.6) is 0 Å². The van der Waals surface area contributed by atoms with Crippen LogP contribution in [0.3, 0.4) is 0 Å². The second-order valence-corrected chi connectivity index (χ2v) is 4.74. The quantitative estimate of drug-likeness (QED) is 0.706. The molecule has 88 valence electrons. The van der Waals surface area contributed by atoms with Crippen molar-refractivity contribution in [2.75, 3.05) is 40.3 Å². The molecule has 0 atom stereocenters. The third-order valence-electron chi connectivity index (χ3n) is 3.18. The van der Waals surface area contributed by atoms with Gasteiger partial charge in [-0.05, 0) is 58.9 Å². The van der Waals surface area contributed by atoms with Crippen molar-refractivity contribution in [3.8, 4) is 0 Å². The molecule has 1 rings (SSSR count). The van der Waals surface area contributed by atoms with E-state index in [1.54, 1.807) is 0 Å². The number of hydrogen-bond donors (Lipinski definition) is 1. The minimum atomic E-state index is -0.235. The molecule has 0 aromatic rings. The largest absolute Gasteiger partial charge is 0.369 e. The highest BCUT2D eigenvalue weighted by molar-refractivity contribution is 5.75. The number of carbonyl (C=O) groups is 1. The molecular formula is C11H23N3O. The van der Waals surface area contributed by atoms with Gasteiger partial charge in [-0.15, -0.1) is 0 Å². The van der Waals surface area contributed by atoms with Gasteiger partial charge in [0.1, 0.15) is 0 Å². The molecule has 0 saturated carbocycles. The van der Waals surface area contributed by atoms with Crippen LogP contribution in [0.1, 0.15) is 19.3 Å². The molecule has 1 saturated heterocycles. The Morgan fingerprint density at radius 1 is 1.47 bits per heavy atom. The molecule has 4 heteroatoms. The Labute approximate surface area is 92.4 Å². The number of nitrogens with zero attached hydrogens (tertiary/aromatic N) is 2. The predicted octanol–water partition coefficient (Wildman–Crippen LogP) is 0.135. The zero-order valence-corrected chi connectivity index (χ0v) is 9.91. The second kappa shape index (κ2) is 6.08. The molecule has 1 heterocycles. The summed E-state index contributed by atoms with van der Waals surface area (Å²) in [5.74, 6) is 0.595. The van der Waals surface area contributed by atoms with Crippen LogP contribution in [0, 0.1) is 5.92 Å². The summed E-state index contributed by atoms with van der Waals surface area (Å²) >= 11 is 0. The van der Waals surface area contributed by atoms with Crippen LogP contribution in [0.2, 0.25) is 0 Å². The summed E-state index contributed by atoms with van der Waals surface area (Å²) in [7, 11) is 4.13. The average Bonchev–Trinajstić information content (AvgIpc) is 2.16. The summed E-state index contributed by atoms with van der Waals surface area (Å²) in [5, 5.41) is 0. The predicted molar refractivity (Wildman–Crippen MR) is 61.5 cm³/mol. The molecule has 0 bridgehead atoms. The van der Waals surface area contributed by atoms with Gasteiger partial charge >= 0.3 is 0 Å². The lowest BCUT2D eigenvalue weighted by Crippen LogP contribution is -2.34. The number of hydrogen-bond acceptors (Lipinski definition) is 3. The van der Waals surface area contributed by atoms with E-state index < -0.39 is 0 Å². The monoisotopic (exact) mass is 213 g/mol. The van der Waals surface area contributed by atoms with E-state index in [0.29, 0.717) is 6.54 Å². The van der Waals surface area contributed by atoms with Crippen molar-refractivity contribution in [1.82, 2.24) is 9.80 Å². The number of rotatable bonds is 5. The van der Waals surface area contributed by atoms with Gasteiger partial charge in [0.2, 0.25) is 5.91 Å². The van der Waals surface area contributed by atoms with E-state index >= 15 is 0 Å². The first-order valence-electron chi connectivity index (χ1n) is 5.73. The normalized spacial score (nSPS) is 19.7. The average molecular weight is 213 g/mol. The Morgan fingerprint density at radius 2 is 2.07 bits per heavy atom. The Hall–Kier alpha value is -0.610. The molecule has 15 heavy (non-hydrogen) atoms. The van der Waals surface area contributed by atoms with Crippen LogP contribution in [-0.4, -0.2) is 56.0 Å². The van der Waals surface area contributed by atoms with Gasteiger partial charge in [0, 0.05) is 0 Å². The lowest BCUT2D eigenvalue weighted by molar-refractivity contribution is -0.118. The molecule has 0 spiro atoms. The van der Waals surface area contributed by atoms with Gasteiger partial charge < -0.3 is 10.6 Å². The topological polar surface area (TPSA) is 49.6 Å². The zero-order chi connectivity index (χ0) is 11.3. The molecule has 1 fully saturated rings. The molecule has 0 aromatic heterocycles. The third-order valence-corrected chi connectivity index (χ3v) is 3.18. The van der Waals surface area contributed by atoms with Crippen molar-refractivity contribution in [3.05, 3.63) is 0 Å². The SMILES string of the molecule is CN1CCC(CCN(C)CC(N)=O)CC1. The Balaban J connectivity index is 2.11. The van der Waals surface area contributed by atoms with Crippen LogP contribution in [-0.2, 0) is 4.79 Å². The summed E-state index contributed by atoms with van der Waals surface area (Å²) in [6.07, 6.45) is 3.78. The van der Waals surface area contributed by atoms with Gasteiger partial charge in [-0.25, -0.2) is 0 Å². The van der Waals surface area contributed by atoms with Crippen LogP contribution in [0.15, 0.2) is 0 Å². The van der Waals surface area contributed by atoms with Crippen LogP contribution in [0.25, 0.3) is 0 Å². The Kier molecular flexibility index (Phi) is 5.05. The number of nitrogens with two attached hydrogens (primary N) is 1. The molecule has 0 aromatic carbocycles. The molecule has 2 N–H and O–H groups in total. The van der Waals surface area contributed by atoms with Crippen molar-refractivity contribution in [1.29, 1.82) is 0 Å². The highest BCUT2D eigenvalue weighted by Crippen LogP contribution is 2.19. The van der Waals surface area contributed by atoms with Gasteiger partial charge in [0.15, 0.2) is 0 Å². The maximum atomic E-state index is 10.7. The smallest absolute Gasteiger partial charge is 0.231 e. The molecule has 0 aliphatic carbocycles. The molecule has 1 aliphatic rings. The third kappa shape index (κ3) is 5.14. The van der Waals surface area contributed by atoms with E-state index in [1.807, 2.05) is 11.9 Å². The minimum absolute atomic E-state index is 0.235. The summed E-state index contributed by atoms with van der Waals surface area (Å²) in [6.45, 7) is 3.79. The Morgan fingerprint density at radius 3 is 2.60 bits per heavy atom. The van der Waals surface area contributed by atoms with Gasteiger partial charge in [0.25, 0.3) is 0 Å². The Bertz CT molecular complexity index is 200. The standard InChI is InChI=1S/C11H23N3O/c1-13-6-3-10(4-7-13)5-8-14(2)9-11(12)15/h10H,3-9H2,1-2H3,(H2,12,15). The van der Waals surface area contributed by atoms with Crippen LogP contribution in [0.4, 0.5) is 0 Å². The fourth-order valence-electron chi connectivity index (χ4n) is 2.10. The van der Waals surface area contributed by atoms with E-state index in [2.05, 4.69) is 11.9 Å². The van der Waals surface area contributed by atoms with Crippen LogP contribution < -0.4 is 5.73 Å². The number of primary amides is 1. The highest BCUT2D eigenvalue weighted by atomic mass is 16.1. The zero-order valence-electron chi connectivity index (χ0n) is 9.91. The number of piperidine rings is 1. The van der Waals surface area contributed by atoms with Gasteiger partial charge in [0.05, 0.1) is 6.54 Å². The maximum absolute atomic E-state index is 10.7. The van der Waals surface area contributed by atoms with Crippen molar-refractivity contribution < 1.29 is 4.79 Å². The van der Waals surface area contributed by atoms with E-state index in [1.165, 1.54) is 32.4 Å². The van der Waals surface area contributed by atoms with Gasteiger partial charge in [-0.2, -0.15) is 0 Å². The van der Waals surface area contributed by atoms with Crippen molar-refractivity contribution in [2.45, 2.75) is 19.3 Å². The van der Waals surface area contributed by atoms with Gasteiger partial charge in [-0.3, -0.25) is 9.69 Å². The summed E-state index contributed by atoms with van der Waals surface area (Å²) in [6, 6.07) is 0. The molecular weight excluding hydrogens is 190 g/mol. The molecule has 4 nitrogen and oxygen atoms in total. The molecule has 1 aliphatic heterocycles. The van der Waals surface area contributed by atoms with Crippen LogP contribution >= 0.6 is 0 Å². The summed E-state index contributed by atoms with van der Waals surface area (Å²) in [5.41, 5.74) is 5.13. The second-order valence-electron chi connectivity index (χ2n) is 4.74. The van der Waals surface area contributed by atoms with Crippen molar-refractivity contribution >= 4 is 5.91 Å². The van der Waals surface area contributed by atoms with E-state index in [4.69, 9.17) is 5.73 Å². The number of likely N-dealkylation sites (tertiary alicyclic amines) is 1. The van der Waals surface area contributed by atoms with Crippen molar-refractivity contribution in [3.63, 3.8) is 0 Å². The fourth-order valence-corrected chi connectivity index (χ4v) is 2.10. The molecule has 1 amide bonds. The van der Waals surface area contributed by atoms with E-state index in [-0.39, 0.29) is 5.91 Å². The number of carbonyl (C=O) groups excluding carboxylic acids is 1. The summed E-state index contributed by atoms with van der Waals surface area (Å²) < 4.78 is 0. The maximum Gasteiger partial charge on any atom is 0.231 e. The van der Waals surface area contributed by atoms with E-state index in [9.17, 15) is 4.79 Å². The summed E-state index contributed by atoms with van der Waals surface area (Å²) in [4.78, 5) is 15.1. The first-order chi connectivity index (χ1) is 7.08. The first-order valence-corrected chi connectivity index (χ1v) is 5.73. The van der Waals surface area contributed by atoms with Gasteiger partial charge in [-0.1, -0.05) is 0 Å². The lowest BCUT2D eigenvalue weighted by atomic mass is 9.94. The molecule has 0 radical (unpaired) electrons. The lowest BCUT2D eigenvalue weighted by Gasteiger charge is -2.29. The molecule has 0 unspecified atom stereocenters. The first kappa shape index (κ1) is 12.5. The fraction of sp³-hybridized carbons (Fsp3) is 0.909. The minimum Gasteiger partial charge on any atom is -0.369 e. The number of likely N-dealkylation sites (N-methyl/N-ethyl adjacent to an activating group) is 1. The highest BCUT2D eigenvalue weighted by Gasteiger charge is 2.16. The van der Waals surface area contributed by atoms with Crippen molar-refractivity contribution in [2.24, 2.45) is 11.7 Å². The van der Waals surface area contributed by atoms with E-state index in [0.717, 1.165) is 12.5 Å². The number of amides is 1.